The Kier molecular flexibility index (Phi) is 6.99. The second-order valence-electron chi connectivity index (χ2n) is 5.26. The van der Waals surface area contributed by atoms with Gasteiger partial charge < -0.3 is 15.5 Å². The third-order valence-electron chi connectivity index (χ3n) is 3.69. The third-order valence-corrected chi connectivity index (χ3v) is 3.69. The monoisotopic (exact) mass is 297 g/mol. The van der Waals surface area contributed by atoms with Crippen LogP contribution in [0.25, 0.3) is 0 Å². The van der Waals surface area contributed by atoms with Crippen LogP contribution in [0.2, 0.25) is 0 Å². The van der Waals surface area contributed by atoms with E-state index in [4.69, 9.17) is 5.73 Å². The van der Waals surface area contributed by atoms with Crippen LogP contribution in [0.4, 0.5) is 0 Å². The molecule has 0 radical (unpaired) electrons. The molecule has 0 bridgehead atoms. The molecule has 5 heteroatoms. The number of carbonyl (C=O) groups is 1. The first-order chi connectivity index (χ1) is 9.16. The van der Waals surface area contributed by atoms with E-state index in [0.717, 1.165) is 38.2 Å². The zero-order valence-electron chi connectivity index (χ0n) is 12.0. The third kappa shape index (κ3) is 4.78. The van der Waals surface area contributed by atoms with E-state index in [2.05, 4.69) is 11.9 Å². The molecule has 1 heterocycles. The van der Waals surface area contributed by atoms with Crippen LogP contribution < -0.4 is 5.73 Å². The number of hydrogen-bond donors (Lipinski definition) is 1. The molecule has 1 aliphatic heterocycles. The van der Waals surface area contributed by atoms with Gasteiger partial charge in [0.2, 0.25) is 5.91 Å². The Morgan fingerprint density at radius 1 is 1.20 bits per heavy atom. The number of halogens is 1. The van der Waals surface area contributed by atoms with Gasteiger partial charge in [-0.25, -0.2) is 0 Å². The number of hydrogen-bond acceptors (Lipinski definition) is 3. The largest absolute Gasteiger partial charge is 0.341 e. The summed E-state index contributed by atoms with van der Waals surface area (Å²) in [6, 6.07) is 9.64. The van der Waals surface area contributed by atoms with Crippen molar-refractivity contribution in [2.75, 3.05) is 33.2 Å². The first-order valence-corrected chi connectivity index (χ1v) is 6.93. The molecule has 1 aromatic carbocycles. The molecule has 20 heavy (non-hydrogen) atoms. The maximum absolute atomic E-state index is 12.3. The van der Waals surface area contributed by atoms with Crippen molar-refractivity contribution in [3.63, 3.8) is 0 Å². The summed E-state index contributed by atoms with van der Waals surface area (Å²) in [5.41, 5.74) is 7.14. The maximum Gasteiger partial charge on any atom is 0.224 e. The fraction of sp³-hybridized carbons (Fsp3) is 0.533. The normalized spacial score (nSPS) is 18.0. The van der Waals surface area contributed by atoms with Gasteiger partial charge in [-0.1, -0.05) is 30.3 Å². The summed E-state index contributed by atoms with van der Waals surface area (Å²) in [6.07, 6.45) is 1.44. The molecule has 1 aromatic rings. The van der Waals surface area contributed by atoms with Crippen LogP contribution in [-0.4, -0.2) is 48.9 Å². The molecule has 1 saturated heterocycles. The van der Waals surface area contributed by atoms with E-state index >= 15 is 0 Å². The van der Waals surface area contributed by atoms with Gasteiger partial charge in [-0.05, 0) is 25.6 Å². The molecule has 1 aliphatic rings. The highest BCUT2D eigenvalue weighted by molar-refractivity contribution is 5.85. The van der Waals surface area contributed by atoms with Crippen LogP contribution in [0.3, 0.4) is 0 Å². The summed E-state index contributed by atoms with van der Waals surface area (Å²) in [5.74, 6) is 0.173. The predicted molar refractivity (Wildman–Crippen MR) is 83.9 cm³/mol. The quantitative estimate of drug-likeness (QED) is 0.923. The SMILES string of the molecule is CN1CCCN(C(=O)CC(N)c2ccccc2)CC1.Cl. The molecular formula is C15H24ClN3O. The van der Waals surface area contributed by atoms with Gasteiger partial charge in [0.15, 0.2) is 0 Å². The molecular weight excluding hydrogens is 274 g/mol. The molecule has 0 spiro atoms. The smallest absolute Gasteiger partial charge is 0.224 e. The summed E-state index contributed by atoms with van der Waals surface area (Å²) in [6.45, 7) is 3.68. The fourth-order valence-electron chi connectivity index (χ4n) is 2.43. The number of carbonyl (C=O) groups excluding carboxylic acids is 1. The molecule has 0 aromatic heterocycles. The summed E-state index contributed by atoms with van der Waals surface area (Å²) >= 11 is 0. The second kappa shape index (κ2) is 8.25. The Morgan fingerprint density at radius 3 is 2.60 bits per heavy atom. The number of benzene rings is 1. The van der Waals surface area contributed by atoms with Crippen molar-refractivity contribution in [1.82, 2.24) is 9.80 Å². The topological polar surface area (TPSA) is 49.6 Å². The van der Waals surface area contributed by atoms with Gasteiger partial charge in [0.1, 0.15) is 0 Å². The summed E-state index contributed by atoms with van der Waals surface area (Å²) < 4.78 is 0. The summed E-state index contributed by atoms with van der Waals surface area (Å²) in [5, 5.41) is 0. The molecule has 2 rings (SSSR count). The van der Waals surface area contributed by atoms with Gasteiger partial charge >= 0.3 is 0 Å². The lowest BCUT2D eigenvalue weighted by Crippen LogP contribution is -2.36. The lowest BCUT2D eigenvalue weighted by molar-refractivity contribution is -0.131. The van der Waals surface area contributed by atoms with Gasteiger partial charge in [-0.15, -0.1) is 12.4 Å². The molecule has 0 saturated carbocycles. The van der Waals surface area contributed by atoms with E-state index in [0.29, 0.717) is 6.42 Å². The highest BCUT2D eigenvalue weighted by atomic mass is 35.5. The highest BCUT2D eigenvalue weighted by Gasteiger charge is 2.20. The molecule has 1 atom stereocenters. The van der Waals surface area contributed by atoms with Crippen molar-refractivity contribution in [1.29, 1.82) is 0 Å². The van der Waals surface area contributed by atoms with Crippen molar-refractivity contribution >= 4 is 18.3 Å². The Bertz CT molecular complexity index is 413. The number of nitrogens with zero attached hydrogens (tertiary/aromatic N) is 2. The zero-order valence-corrected chi connectivity index (χ0v) is 12.8. The summed E-state index contributed by atoms with van der Waals surface area (Å²) in [4.78, 5) is 16.5. The zero-order chi connectivity index (χ0) is 13.7. The Morgan fingerprint density at radius 2 is 1.90 bits per heavy atom. The van der Waals surface area contributed by atoms with Gasteiger partial charge in [-0.3, -0.25) is 4.79 Å². The molecule has 4 nitrogen and oxygen atoms in total. The average molecular weight is 298 g/mol. The summed E-state index contributed by atoms with van der Waals surface area (Å²) in [7, 11) is 2.10. The van der Waals surface area contributed by atoms with Crippen LogP contribution in [0.5, 0.6) is 0 Å². The van der Waals surface area contributed by atoms with Crippen molar-refractivity contribution in [3.8, 4) is 0 Å². The lowest BCUT2D eigenvalue weighted by atomic mass is 10.0. The van der Waals surface area contributed by atoms with Gasteiger partial charge in [0, 0.05) is 32.1 Å². The second-order valence-corrected chi connectivity index (χ2v) is 5.26. The number of rotatable bonds is 3. The predicted octanol–water partition coefficient (Wildman–Crippen LogP) is 1.66. The van der Waals surface area contributed by atoms with E-state index < -0.39 is 0 Å². The first-order valence-electron chi connectivity index (χ1n) is 6.93. The van der Waals surface area contributed by atoms with Crippen molar-refractivity contribution in [3.05, 3.63) is 35.9 Å². The minimum Gasteiger partial charge on any atom is -0.341 e. The molecule has 1 amide bonds. The van der Waals surface area contributed by atoms with E-state index in [-0.39, 0.29) is 24.4 Å². The van der Waals surface area contributed by atoms with E-state index in [1.165, 1.54) is 0 Å². The van der Waals surface area contributed by atoms with Crippen molar-refractivity contribution in [2.24, 2.45) is 5.73 Å². The molecule has 112 valence electrons. The van der Waals surface area contributed by atoms with Crippen LogP contribution >= 0.6 is 12.4 Å². The highest BCUT2D eigenvalue weighted by Crippen LogP contribution is 2.15. The Hall–Kier alpha value is -1.10. The van der Waals surface area contributed by atoms with Crippen LogP contribution in [0.1, 0.15) is 24.4 Å². The van der Waals surface area contributed by atoms with Crippen LogP contribution in [0, 0.1) is 0 Å². The fourth-order valence-corrected chi connectivity index (χ4v) is 2.43. The average Bonchev–Trinajstić information content (AvgIpc) is 2.64. The van der Waals surface area contributed by atoms with Crippen molar-refractivity contribution < 1.29 is 4.79 Å². The van der Waals surface area contributed by atoms with E-state index in [9.17, 15) is 4.79 Å². The Labute approximate surface area is 127 Å². The van der Waals surface area contributed by atoms with Gasteiger partial charge in [0.05, 0.1) is 0 Å². The van der Waals surface area contributed by atoms with E-state index in [1.807, 2.05) is 35.2 Å². The molecule has 1 fully saturated rings. The first kappa shape index (κ1) is 17.0. The maximum atomic E-state index is 12.3. The number of likely N-dealkylation sites (N-methyl/N-ethyl adjacent to an activating group) is 1. The van der Waals surface area contributed by atoms with Gasteiger partial charge in [0.25, 0.3) is 0 Å². The van der Waals surface area contributed by atoms with Gasteiger partial charge in [-0.2, -0.15) is 0 Å². The Balaban J connectivity index is 0.00000200. The molecule has 0 aliphatic carbocycles. The molecule has 1 unspecified atom stereocenters. The number of nitrogens with two attached hydrogens (primary N) is 1. The minimum atomic E-state index is -0.199. The lowest BCUT2D eigenvalue weighted by Gasteiger charge is -2.22. The van der Waals surface area contributed by atoms with E-state index in [1.54, 1.807) is 0 Å². The van der Waals surface area contributed by atoms with Crippen molar-refractivity contribution in [2.45, 2.75) is 18.9 Å². The van der Waals surface area contributed by atoms with Crippen LogP contribution in [0.15, 0.2) is 30.3 Å². The minimum absolute atomic E-state index is 0. The standard InChI is InChI=1S/C15H23N3O.ClH/c1-17-8-5-9-18(11-10-17)15(19)12-14(16)13-6-3-2-4-7-13;/h2-4,6-7,14H,5,8-12,16H2,1H3;1H. The van der Waals surface area contributed by atoms with Crippen LogP contribution in [-0.2, 0) is 4.79 Å². The number of amides is 1. The molecule has 2 N–H and O–H groups in total.